The van der Waals surface area contributed by atoms with Gasteiger partial charge in [-0.25, -0.2) is 0 Å². The van der Waals surface area contributed by atoms with Gasteiger partial charge in [0.2, 0.25) is 0 Å². The summed E-state index contributed by atoms with van der Waals surface area (Å²) in [7, 11) is 0. The first-order valence-electron chi connectivity index (χ1n) is 11.0. The zero-order chi connectivity index (χ0) is 21.5. The molecule has 0 unspecified atom stereocenters. The van der Waals surface area contributed by atoms with E-state index in [9.17, 15) is 9.59 Å². The van der Waals surface area contributed by atoms with Gasteiger partial charge in [-0.15, -0.1) is 0 Å². The number of imide groups is 1. The standard InChI is InChI=1S/C24H32N2O2S2/c1-4-7-13-26-23(27)19-10-8-9-18-21(12-11-20(22(18)19)24(26)28)25(14-16-29-5-2)15-17-30-6-3/h8-12H,4-7,13-17H2,1-3H3. The summed E-state index contributed by atoms with van der Waals surface area (Å²) < 4.78 is 0. The first kappa shape index (κ1) is 23.0. The van der Waals surface area contributed by atoms with Crippen LogP contribution in [0.2, 0.25) is 0 Å². The highest BCUT2D eigenvalue weighted by Gasteiger charge is 2.33. The van der Waals surface area contributed by atoms with Crippen molar-refractivity contribution in [3.8, 4) is 0 Å². The second-order valence-electron chi connectivity index (χ2n) is 7.36. The monoisotopic (exact) mass is 444 g/mol. The fourth-order valence-electron chi connectivity index (χ4n) is 3.92. The highest BCUT2D eigenvalue weighted by atomic mass is 32.2. The molecule has 0 saturated carbocycles. The van der Waals surface area contributed by atoms with Gasteiger partial charge in [0, 0.05) is 58.7 Å². The zero-order valence-corrected chi connectivity index (χ0v) is 19.9. The van der Waals surface area contributed by atoms with Crippen LogP contribution in [0.15, 0.2) is 30.3 Å². The van der Waals surface area contributed by atoms with Gasteiger partial charge >= 0.3 is 0 Å². The lowest BCUT2D eigenvalue weighted by Gasteiger charge is -2.30. The molecule has 0 bridgehead atoms. The molecular weight excluding hydrogens is 412 g/mol. The molecule has 0 saturated heterocycles. The lowest BCUT2D eigenvalue weighted by Crippen LogP contribution is -2.41. The van der Waals surface area contributed by atoms with Crippen LogP contribution >= 0.6 is 23.5 Å². The van der Waals surface area contributed by atoms with E-state index in [-0.39, 0.29) is 11.8 Å². The summed E-state index contributed by atoms with van der Waals surface area (Å²) in [5.41, 5.74) is 2.45. The lowest BCUT2D eigenvalue weighted by molar-refractivity contribution is 0.0608. The van der Waals surface area contributed by atoms with E-state index in [1.165, 1.54) is 4.90 Å². The number of anilines is 1. The minimum absolute atomic E-state index is 0.154. The average molecular weight is 445 g/mol. The molecule has 3 rings (SSSR count). The quantitative estimate of drug-likeness (QED) is 0.317. The molecule has 0 fully saturated rings. The number of amides is 2. The van der Waals surface area contributed by atoms with Crippen molar-refractivity contribution in [1.29, 1.82) is 0 Å². The Morgan fingerprint density at radius 2 is 1.50 bits per heavy atom. The minimum atomic E-state index is -0.154. The molecule has 1 aliphatic heterocycles. The predicted octanol–water partition coefficient (Wildman–Crippen LogP) is 5.55. The second-order valence-corrected chi connectivity index (χ2v) is 10.1. The van der Waals surface area contributed by atoms with Crippen molar-refractivity contribution in [2.24, 2.45) is 0 Å². The smallest absolute Gasteiger partial charge is 0.261 e. The number of hydrogen-bond acceptors (Lipinski definition) is 5. The molecule has 1 heterocycles. The third-order valence-electron chi connectivity index (χ3n) is 5.46. The maximum Gasteiger partial charge on any atom is 0.261 e. The van der Waals surface area contributed by atoms with Crippen LogP contribution in [0.25, 0.3) is 10.8 Å². The number of rotatable bonds is 12. The van der Waals surface area contributed by atoms with Crippen molar-refractivity contribution in [3.05, 3.63) is 41.5 Å². The summed E-state index contributed by atoms with van der Waals surface area (Å²) in [4.78, 5) is 30.1. The van der Waals surface area contributed by atoms with Gasteiger partial charge in [-0.1, -0.05) is 39.3 Å². The highest BCUT2D eigenvalue weighted by molar-refractivity contribution is 7.99. The van der Waals surface area contributed by atoms with Gasteiger partial charge in [0.15, 0.2) is 0 Å². The van der Waals surface area contributed by atoms with E-state index < -0.39 is 0 Å². The Morgan fingerprint density at radius 1 is 0.867 bits per heavy atom. The van der Waals surface area contributed by atoms with Gasteiger partial charge < -0.3 is 4.90 Å². The van der Waals surface area contributed by atoms with E-state index in [0.717, 1.165) is 65.4 Å². The Hall–Kier alpha value is -1.66. The normalized spacial score (nSPS) is 13.4. The molecule has 0 N–H and O–H groups in total. The minimum Gasteiger partial charge on any atom is -0.369 e. The van der Waals surface area contributed by atoms with E-state index in [4.69, 9.17) is 0 Å². The van der Waals surface area contributed by atoms with E-state index in [2.05, 4.69) is 37.8 Å². The number of carbonyl (C=O) groups is 2. The lowest BCUT2D eigenvalue weighted by atomic mass is 9.92. The first-order chi connectivity index (χ1) is 14.6. The van der Waals surface area contributed by atoms with Gasteiger partial charge in [0.1, 0.15) is 0 Å². The first-order valence-corrected chi connectivity index (χ1v) is 13.3. The third kappa shape index (κ3) is 4.80. The highest BCUT2D eigenvalue weighted by Crippen LogP contribution is 2.36. The molecule has 0 aliphatic carbocycles. The third-order valence-corrected chi connectivity index (χ3v) is 7.22. The van der Waals surface area contributed by atoms with Crippen LogP contribution in [0.3, 0.4) is 0 Å². The van der Waals surface area contributed by atoms with Crippen molar-refractivity contribution in [1.82, 2.24) is 4.90 Å². The molecule has 2 amide bonds. The predicted molar refractivity (Wildman–Crippen MR) is 132 cm³/mol. The van der Waals surface area contributed by atoms with Crippen molar-refractivity contribution >= 4 is 51.8 Å². The maximum atomic E-state index is 13.1. The molecule has 1 aliphatic rings. The SMILES string of the molecule is CCCCN1C(=O)c2cccc3c(N(CCSCC)CCSCC)ccc(c23)C1=O. The van der Waals surface area contributed by atoms with Crippen molar-refractivity contribution in [3.63, 3.8) is 0 Å². The van der Waals surface area contributed by atoms with Gasteiger partial charge in [-0.2, -0.15) is 23.5 Å². The molecule has 0 aromatic heterocycles. The number of benzene rings is 2. The van der Waals surface area contributed by atoms with Crippen LogP contribution < -0.4 is 4.90 Å². The summed E-state index contributed by atoms with van der Waals surface area (Å²) in [5, 5.41) is 1.85. The Morgan fingerprint density at radius 3 is 2.10 bits per heavy atom. The molecule has 30 heavy (non-hydrogen) atoms. The van der Waals surface area contributed by atoms with Gasteiger partial charge in [-0.3, -0.25) is 14.5 Å². The van der Waals surface area contributed by atoms with E-state index in [1.807, 2.05) is 41.7 Å². The van der Waals surface area contributed by atoms with E-state index >= 15 is 0 Å². The number of nitrogens with zero attached hydrogens (tertiary/aromatic N) is 2. The number of hydrogen-bond donors (Lipinski definition) is 0. The molecule has 6 heteroatoms. The Kier molecular flexibility index (Phi) is 8.51. The fraction of sp³-hybridized carbons (Fsp3) is 0.500. The number of thioether (sulfide) groups is 2. The maximum absolute atomic E-state index is 13.1. The Bertz CT molecular complexity index is 868. The number of unbranched alkanes of at least 4 members (excludes halogenated alkanes) is 1. The molecule has 0 spiro atoms. The second kappa shape index (κ2) is 11.1. The van der Waals surface area contributed by atoms with E-state index in [0.29, 0.717) is 17.7 Å². The van der Waals surface area contributed by atoms with Crippen molar-refractivity contribution in [2.45, 2.75) is 33.6 Å². The van der Waals surface area contributed by atoms with Crippen LogP contribution in [0.1, 0.15) is 54.3 Å². The van der Waals surface area contributed by atoms with Gasteiger partial charge in [-0.05, 0) is 36.1 Å². The van der Waals surface area contributed by atoms with Crippen LogP contribution in [0.5, 0.6) is 0 Å². The zero-order valence-electron chi connectivity index (χ0n) is 18.3. The van der Waals surface area contributed by atoms with Crippen LogP contribution in [-0.4, -0.2) is 59.4 Å². The molecule has 162 valence electrons. The molecule has 0 radical (unpaired) electrons. The number of carbonyl (C=O) groups excluding carboxylic acids is 2. The molecule has 2 aromatic carbocycles. The van der Waals surface area contributed by atoms with Crippen LogP contribution in [0, 0.1) is 0 Å². The summed E-state index contributed by atoms with van der Waals surface area (Å²) in [6.45, 7) is 8.86. The van der Waals surface area contributed by atoms with Crippen molar-refractivity contribution < 1.29 is 9.59 Å². The summed E-state index contributed by atoms with van der Waals surface area (Å²) >= 11 is 3.89. The summed E-state index contributed by atoms with van der Waals surface area (Å²) in [6.07, 6.45) is 1.78. The summed E-state index contributed by atoms with van der Waals surface area (Å²) in [5.74, 6) is 4.05. The van der Waals surface area contributed by atoms with Crippen LogP contribution in [-0.2, 0) is 0 Å². The average Bonchev–Trinajstić information content (AvgIpc) is 2.76. The Labute approximate surface area is 188 Å². The van der Waals surface area contributed by atoms with Gasteiger partial charge in [0.05, 0.1) is 0 Å². The van der Waals surface area contributed by atoms with Crippen LogP contribution in [0.4, 0.5) is 5.69 Å². The summed E-state index contributed by atoms with van der Waals surface area (Å²) in [6, 6.07) is 9.90. The molecule has 2 aromatic rings. The van der Waals surface area contributed by atoms with E-state index in [1.54, 1.807) is 0 Å². The fourth-order valence-corrected chi connectivity index (χ4v) is 5.19. The molecular formula is C24H32N2O2S2. The molecule has 0 atom stereocenters. The largest absolute Gasteiger partial charge is 0.369 e. The van der Waals surface area contributed by atoms with Gasteiger partial charge in [0.25, 0.3) is 11.8 Å². The van der Waals surface area contributed by atoms with Crippen molar-refractivity contribution in [2.75, 3.05) is 47.5 Å². The topological polar surface area (TPSA) is 40.6 Å². The Balaban J connectivity index is 2.02. The molecule has 4 nitrogen and oxygen atoms in total.